The number of pyridine rings is 1. The zero-order valence-corrected chi connectivity index (χ0v) is 14.3. The van der Waals surface area contributed by atoms with Crippen LogP contribution in [-0.2, 0) is 0 Å². The molecule has 0 saturated carbocycles. The number of aromatic nitrogens is 5. The maximum atomic E-state index is 4.48. The fourth-order valence-corrected chi connectivity index (χ4v) is 3.09. The van der Waals surface area contributed by atoms with Crippen molar-refractivity contribution in [2.45, 2.75) is 6.92 Å². The molecule has 0 unspecified atom stereocenters. The summed E-state index contributed by atoms with van der Waals surface area (Å²) in [6.45, 7) is 5.66. The van der Waals surface area contributed by atoms with Gasteiger partial charge in [-0.3, -0.25) is 0 Å². The van der Waals surface area contributed by atoms with Crippen molar-refractivity contribution >= 4 is 33.3 Å². The third-order valence-electron chi connectivity index (χ3n) is 4.00. The highest BCUT2D eigenvalue weighted by atomic mass is 79.9. The molecule has 4 rings (SSSR count). The van der Waals surface area contributed by atoms with Gasteiger partial charge in [0.05, 0.1) is 0 Å². The molecule has 118 valence electrons. The standard InChI is InChI=1S/C15H16BrN7/c1-11-8-14(23-15(20-11)18-10-19-23)22-6-4-21(5-7-22)13-3-2-12(16)9-17-13/h2-3,8-10H,4-7H2,1H3. The van der Waals surface area contributed by atoms with Crippen molar-refractivity contribution in [3.8, 4) is 0 Å². The summed E-state index contributed by atoms with van der Waals surface area (Å²) >= 11 is 3.42. The van der Waals surface area contributed by atoms with E-state index in [9.17, 15) is 0 Å². The molecule has 1 fully saturated rings. The molecule has 3 aromatic rings. The number of fused-ring (bicyclic) bond motifs is 1. The first kappa shape index (κ1) is 14.4. The topological polar surface area (TPSA) is 62.5 Å². The zero-order valence-electron chi connectivity index (χ0n) is 12.7. The van der Waals surface area contributed by atoms with Gasteiger partial charge >= 0.3 is 0 Å². The number of nitrogens with zero attached hydrogens (tertiary/aromatic N) is 7. The number of rotatable bonds is 2. The third kappa shape index (κ3) is 2.74. The molecule has 0 bridgehead atoms. The largest absolute Gasteiger partial charge is 0.353 e. The molecule has 0 N–H and O–H groups in total. The predicted octanol–water partition coefficient (Wildman–Crippen LogP) is 1.92. The van der Waals surface area contributed by atoms with Gasteiger partial charge < -0.3 is 9.80 Å². The normalized spacial score (nSPS) is 15.4. The molecule has 23 heavy (non-hydrogen) atoms. The molecule has 8 heteroatoms. The smallest absolute Gasteiger partial charge is 0.254 e. The first-order chi connectivity index (χ1) is 11.2. The van der Waals surface area contributed by atoms with Crippen LogP contribution in [-0.4, -0.2) is 50.7 Å². The van der Waals surface area contributed by atoms with E-state index in [1.165, 1.54) is 0 Å². The number of hydrogen-bond donors (Lipinski definition) is 0. The second kappa shape index (κ2) is 5.77. The molecule has 1 aliphatic heterocycles. The quantitative estimate of drug-likeness (QED) is 0.683. The molecule has 0 radical (unpaired) electrons. The van der Waals surface area contributed by atoms with Crippen LogP contribution in [0.5, 0.6) is 0 Å². The van der Waals surface area contributed by atoms with Crippen LogP contribution >= 0.6 is 15.9 Å². The lowest BCUT2D eigenvalue weighted by atomic mass is 10.3. The van der Waals surface area contributed by atoms with Crippen LogP contribution in [0, 0.1) is 6.92 Å². The second-order valence-corrected chi connectivity index (χ2v) is 6.45. The summed E-state index contributed by atoms with van der Waals surface area (Å²) in [5, 5.41) is 4.29. The lowest BCUT2D eigenvalue weighted by Crippen LogP contribution is -2.47. The van der Waals surface area contributed by atoms with E-state index in [2.05, 4.69) is 51.8 Å². The van der Waals surface area contributed by atoms with E-state index in [1.54, 1.807) is 10.8 Å². The summed E-state index contributed by atoms with van der Waals surface area (Å²) < 4.78 is 2.81. The second-order valence-electron chi connectivity index (χ2n) is 5.54. The predicted molar refractivity (Wildman–Crippen MR) is 91.9 cm³/mol. The van der Waals surface area contributed by atoms with Crippen molar-refractivity contribution in [3.05, 3.63) is 40.9 Å². The van der Waals surface area contributed by atoms with Crippen LogP contribution in [0.2, 0.25) is 0 Å². The van der Waals surface area contributed by atoms with E-state index in [1.807, 2.05) is 25.3 Å². The van der Waals surface area contributed by atoms with Gasteiger partial charge in [0, 0.05) is 48.6 Å². The maximum Gasteiger partial charge on any atom is 0.254 e. The Morgan fingerprint density at radius 1 is 1.04 bits per heavy atom. The summed E-state index contributed by atoms with van der Waals surface area (Å²) in [6, 6.07) is 6.14. The van der Waals surface area contributed by atoms with Crippen LogP contribution in [0.3, 0.4) is 0 Å². The van der Waals surface area contributed by atoms with Gasteiger partial charge in [0.1, 0.15) is 18.0 Å². The van der Waals surface area contributed by atoms with Gasteiger partial charge in [-0.15, -0.1) is 0 Å². The first-order valence-corrected chi connectivity index (χ1v) is 8.29. The molecule has 3 aromatic heterocycles. The van der Waals surface area contributed by atoms with Crippen molar-refractivity contribution in [3.63, 3.8) is 0 Å². The number of hydrogen-bond acceptors (Lipinski definition) is 6. The highest BCUT2D eigenvalue weighted by molar-refractivity contribution is 9.10. The van der Waals surface area contributed by atoms with Gasteiger partial charge in [-0.2, -0.15) is 14.6 Å². The summed E-state index contributed by atoms with van der Waals surface area (Å²) in [7, 11) is 0. The number of halogens is 1. The summed E-state index contributed by atoms with van der Waals surface area (Å²) in [6.07, 6.45) is 3.39. The van der Waals surface area contributed by atoms with Gasteiger partial charge in [0.2, 0.25) is 0 Å². The lowest BCUT2D eigenvalue weighted by Gasteiger charge is -2.36. The van der Waals surface area contributed by atoms with E-state index in [4.69, 9.17) is 0 Å². The summed E-state index contributed by atoms with van der Waals surface area (Å²) in [5.74, 6) is 2.72. The SMILES string of the molecule is Cc1cc(N2CCN(c3ccc(Br)cn3)CC2)n2ncnc2n1. The van der Waals surface area contributed by atoms with E-state index >= 15 is 0 Å². The molecule has 7 nitrogen and oxygen atoms in total. The van der Waals surface area contributed by atoms with Crippen LogP contribution in [0.25, 0.3) is 5.78 Å². The Bertz CT molecular complexity index is 821. The molecular weight excluding hydrogens is 358 g/mol. The van der Waals surface area contributed by atoms with E-state index in [0.29, 0.717) is 5.78 Å². The van der Waals surface area contributed by atoms with Crippen molar-refractivity contribution in [2.75, 3.05) is 36.0 Å². The molecule has 1 aliphatic rings. The lowest BCUT2D eigenvalue weighted by molar-refractivity contribution is 0.633. The van der Waals surface area contributed by atoms with E-state index in [0.717, 1.165) is 48.0 Å². The molecular formula is C15H16BrN7. The fourth-order valence-electron chi connectivity index (χ4n) is 2.86. The minimum absolute atomic E-state index is 0.650. The van der Waals surface area contributed by atoms with Crippen molar-refractivity contribution in [2.24, 2.45) is 0 Å². The van der Waals surface area contributed by atoms with Gasteiger partial charge in [0.25, 0.3) is 5.78 Å². The molecule has 4 heterocycles. The Morgan fingerprint density at radius 2 is 1.83 bits per heavy atom. The zero-order chi connectivity index (χ0) is 15.8. The molecule has 0 spiro atoms. The van der Waals surface area contributed by atoms with Crippen molar-refractivity contribution < 1.29 is 0 Å². The highest BCUT2D eigenvalue weighted by Crippen LogP contribution is 2.21. The van der Waals surface area contributed by atoms with E-state index < -0.39 is 0 Å². The number of anilines is 2. The Hall–Kier alpha value is -2.22. The monoisotopic (exact) mass is 373 g/mol. The Morgan fingerprint density at radius 3 is 2.57 bits per heavy atom. The van der Waals surface area contributed by atoms with Crippen LogP contribution in [0.4, 0.5) is 11.6 Å². The van der Waals surface area contributed by atoms with Gasteiger partial charge in [-0.05, 0) is 35.0 Å². The first-order valence-electron chi connectivity index (χ1n) is 7.49. The van der Waals surface area contributed by atoms with Gasteiger partial charge in [0.15, 0.2) is 0 Å². The minimum Gasteiger partial charge on any atom is -0.353 e. The van der Waals surface area contributed by atoms with Crippen LogP contribution < -0.4 is 9.80 Å². The highest BCUT2D eigenvalue weighted by Gasteiger charge is 2.21. The minimum atomic E-state index is 0.650. The van der Waals surface area contributed by atoms with Crippen molar-refractivity contribution in [1.29, 1.82) is 0 Å². The Kier molecular flexibility index (Phi) is 3.60. The number of aryl methyl sites for hydroxylation is 1. The van der Waals surface area contributed by atoms with Gasteiger partial charge in [-0.25, -0.2) is 9.97 Å². The number of piperazine rings is 1. The van der Waals surface area contributed by atoms with E-state index in [-0.39, 0.29) is 0 Å². The van der Waals surface area contributed by atoms with Crippen LogP contribution in [0.15, 0.2) is 35.2 Å². The Labute approximate surface area is 142 Å². The fraction of sp³-hybridized carbons (Fsp3) is 0.333. The third-order valence-corrected chi connectivity index (χ3v) is 4.47. The molecule has 0 aliphatic carbocycles. The van der Waals surface area contributed by atoms with Crippen molar-refractivity contribution in [1.82, 2.24) is 24.6 Å². The van der Waals surface area contributed by atoms with Gasteiger partial charge in [-0.1, -0.05) is 0 Å². The average molecular weight is 374 g/mol. The molecule has 0 amide bonds. The average Bonchev–Trinajstić information content (AvgIpc) is 3.03. The molecule has 0 aromatic carbocycles. The van der Waals surface area contributed by atoms with Crippen LogP contribution in [0.1, 0.15) is 5.69 Å². The molecule has 0 atom stereocenters. The summed E-state index contributed by atoms with van der Waals surface area (Å²) in [4.78, 5) is 17.7. The Balaban J connectivity index is 1.55. The maximum absolute atomic E-state index is 4.48. The summed E-state index contributed by atoms with van der Waals surface area (Å²) in [5.41, 5.74) is 0.956. The molecule has 1 saturated heterocycles.